The number of ether oxygens (including phenoxy) is 1. The number of hydrogen-bond donors (Lipinski definition) is 2. The molecule has 1 rings (SSSR count). The van der Waals surface area contributed by atoms with Gasteiger partial charge in [-0.1, -0.05) is 12.8 Å². The number of rotatable bonds is 1. The van der Waals surface area contributed by atoms with E-state index in [-0.39, 0.29) is 6.04 Å². The average Bonchev–Trinajstić information content (AvgIpc) is 2.05. The summed E-state index contributed by atoms with van der Waals surface area (Å²) < 4.78 is 5.13. The van der Waals surface area contributed by atoms with Crippen molar-refractivity contribution in [1.29, 1.82) is 0 Å². The highest BCUT2D eigenvalue weighted by atomic mass is 16.6. The number of aliphatic hydroxyl groups is 1. The van der Waals surface area contributed by atoms with Crippen LogP contribution >= 0.6 is 0 Å². The normalized spacial score (nSPS) is 27.2. The Kier molecular flexibility index (Phi) is 3.97. The van der Waals surface area contributed by atoms with Crippen molar-refractivity contribution in [3.63, 3.8) is 0 Å². The van der Waals surface area contributed by atoms with Crippen LogP contribution in [0, 0.1) is 0 Å². The smallest absolute Gasteiger partial charge is 0.407 e. The van der Waals surface area contributed by atoms with Crippen LogP contribution in [0.2, 0.25) is 0 Å². The van der Waals surface area contributed by atoms with E-state index in [0.717, 1.165) is 25.7 Å². The molecular weight excluding hydrogens is 194 g/mol. The van der Waals surface area contributed by atoms with E-state index in [9.17, 15) is 9.90 Å². The van der Waals surface area contributed by atoms with Crippen molar-refractivity contribution >= 4 is 6.09 Å². The molecule has 0 bridgehead atoms. The summed E-state index contributed by atoms with van der Waals surface area (Å²) in [7, 11) is 0. The monoisotopic (exact) mass is 215 g/mol. The van der Waals surface area contributed by atoms with Gasteiger partial charge in [-0.05, 0) is 33.6 Å². The van der Waals surface area contributed by atoms with Gasteiger partial charge < -0.3 is 15.2 Å². The third-order valence-electron chi connectivity index (χ3n) is 2.43. The first-order chi connectivity index (χ1) is 6.88. The first kappa shape index (κ1) is 12.3. The Morgan fingerprint density at radius 2 is 1.93 bits per heavy atom. The number of amides is 1. The molecule has 0 aromatic carbocycles. The van der Waals surface area contributed by atoms with E-state index in [4.69, 9.17) is 4.74 Å². The van der Waals surface area contributed by atoms with Crippen LogP contribution in [0.4, 0.5) is 4.79 Å². The second-order valence-corrected chi connectivity index (χ2v) is 5.10. The van der Waals surface area contributed by atoms with Gasteiger partial charge >= 0.3 is 6.09 Å². The van der Waals surface area contributed by atoms with E-state index < -0.39 is 17.8 Å². The number of alkyl carbamates (subject to hydrolysis) is 1. The fraction of sp³-hybridized carbons (Fsp3) is 0.909. The van der Waals surface area contributed by atoms with Gasteiger partial charge in [-0.15, -0.1) is 0 Å². The molecule has 4 heteroatoms. The Morgan fingerprint density at radius 3 is 2.47 bits per heavy atom. The number of hydrogen-bond acceptors (Lipinski definition) is 3. The van der Waals surface area contributed by atoms with Gasteiger partial charge in [-0.2, -0.15) is 0 Å². The summed E-state index contributed by atoms with van der Waals surface area (Å²) in [5, 5.41) is 12.4. The van der Waals surface area contributed by atoms with Gasteiger partial charge in [0.15, 0.2) is 0 Å². The van der Waals surface area contributed by atoms with Crippen LogP contribution in [-0.2, 0) is 4.74 Å². The van der Waals surface area contributed by atoms with Crippen LogP contribution < -0.4 is 5.32 Å². The molecule has 0 aromatic rings. The van der Waals surface area contributed by atoms with Crippen molar-refractivity contribution < 1.29 is 14.6 Å². The van der Waals surface area contributed by atoms with Crippen molar-refractivity contribution in [3.05, 3.63) is 0 Å². The quantitative estimate of drug-likeness (QED) is 0.701. The van der Waals surface area contributed by atoms with Crippen LogP contribution in [0.15, 0.2) is 0 Å². The van der Waals surface area contributed by atoms with Crippen molar-refractivity contribution in [2.45, 2.75) is 64.2 Å². The Balaban J connectivity index is 2.36. The summed E-state index contributed by atoms with van der Waals surface area (Å²) in [5.74, 6) is 0. The molecule has 0 spiro atoms. The Morgan fingerprint density at radius 1 is 1.33 bits per heavy atom. The summed E-state index contributed by atoms with van der Waals surface area (Å²) in [5.41, 5.74) is -0.482. The maximum atomic E-state index is 11.4. The van der Waals surface area contributed by atoms with Crippen LogP contribution in [0.25, 0.3) is 0 Å². The second-order valence-electron chi connectivity index (χ2n) is 5.10. The highest BCUT2D eigenvalue weighted by Gasteiger charge is 2.26. The van der Waals surface area contributed by atoms with Crippen molar-refractivity contribution in [2.75, 3.05) is 0 Å². The molecule has 1 unspecified atom stereocenters. The topological polar surface area (TPSA) is 58.6 Å². The molecule has 1 fully saturated rings. The van der Waals surface area contributed by atoms with E-state index in [1.165, 1.54) is 0 Å². The van der Waals surface area contributed by atoms with E-state index >= 15 is 0 Å². The predicted molar refractivity (Wildman–Crippen MR) is 57.6 cm³/mol. The molecule has 0 aliphatic heterocycles. The first-order valence-electron chi connectivity index (χ1n) is 5.56. The summed E-state index contributed by atoms with van der Waals surface area (Å²) in [4.78, 5) is 11.4. The highest BCUT2D eigenvalue weighted by Crippen LogP contribution is 2.18. The largest absolute Gasteiger partial charge is 0.444 e. The van der Waals surface area contributed by atoms with Crippen LogP contribution in [-0.4, -0.2) is 28.9 Å². The lowest BCUT2D eigenvalue weighted by Crippen LogP contribution is -2.46. The molecule has 0 aromatic heterocycles. The Bertz CT molecular complexity index is 222. The summed E-state index contributed by atoms with van der Waals surface area (Å²) in [6.07, 6.45) is 2.83. The predicted octanol–water partition coefficient (Wildman–Crippen LogP) is 1.81. The lowest BCUT2D eigenvalue weighted by molar-refractivity contribution is 0.0363. The van der Waals surface area contributed by atoms with Crippen molar-refractivity contribution in [3.8, 4) is 0 Å². The van der Waals surface area contributed by atoms with E-state index in [1.54, 1.807) is 0 Å². The molecule has 2 N–H and O–H groups in total. The second kappa shape index (κ2) is 4.84. The molecule has 1 aliphatic carbocycles. The van der Waals surface area contributed by atoms with Gasteiger partial charge in [0, 0.05) is 0 Å². The van der Waals surface area contributed by atoms with Crippen molar-refractivity contribution in [1.82, 2.24) is 5.32 Å². The molecule has 1 amide bonds. The van der Waals surface area contributed by atoms with Crippen molar-refractivity contribution in [2.24, 2.45) is 0 Å². The maximum Gasteiger partial charge on any atom is 0.407 e. The summed E-state index contributed by atoms with van der Waals surface area (Å²) >= 11 is 0. The van der Waals surface area contributed by atoms with E-state index in [0.29, 0.717) is 0 Å². The standard InChI is InChI=1S/C11H21NO3/c1-11(2,3)15-10(14)12-8-6-4-5-7-9(8)13/h8-9,13H,4-7H2,1-3H3,(H,12,14)/t8?,9-/m1/s1. The molecule has 0 radical (unpaired) electrons. The SMILES string of the molecule is CC(C)(C)OC(=O)NC1CCCC[C@H]1O. The number of nitrogens with one attached hydrogen (secondary N) is 1. The molecule has 0 heterocycles. The summed E-state index contributed by atoms with van der Waals surface area (Å²) in [6.45, 7) is 5.47. The third kappa shape index (κ3) is 4.51. The number of carbonyl (C=O) groups excluding carboxylic acids is 1. The zero-order valence-corrected chi connectivity index (χ0v) is 9.75. The minimum atomic E-state index is -0.482. The van der Waals surface area contributed by atoms with E-state index in [2.05, 4.69) is 5.32 Å². The third-order valence-corrected chi connectivity index (χ3v) is 2.43. The molecule has 15 heavy (non-hydrogen) atoms. The Hall–Kier alpha value is -0.770. The minimum Gasteiger partial charge on any atom is -0.444 e. The van der Waals surface area contributed by atoms with Gasteiger partial charge in [0.25, 0.3) is 0 Å². The lowest BCUT2D eigenvalue weighted by atomic mass is 9.93. The van der Waals surface area contributed by atoms with Gasteiger partial charge in [0.1, 0.15) is 5.60 Å². The van der Waals surface area contributed by atoms with Crippen LogP contribution in [0.1, 0.15) is 46.5 Å². The van der Waals surface area contributed by atoms with Gasteiger partial charge in [0.05, 0.1) is 12.1 Å². The van der Waals surface area contributed by atoms with Crippen LogP contribution in [0.3, 0.4) is 0 Å². The van der Waals surface area contributed by atoms with Gasteiger partial charge in [-0.3, -0.25) is 0 Å². The zero-order chi connectivity index (χ0) is 11.5. The van der Waals surface area contributed by atoms with E-state index in [1.807, 2.05) is 20.8 Å². The number of carbonyl (C=O) groups is 1. The molecule has 0 saturated heterocycles. The zero-order valence-electron chi connectivity index (χ0n) is 9.75. The van der Waals surface area contributed by atoms with Gasteiger partial charge in [-0.25, -0.2) is 4.79 Å². The Labute approximate surface area is 91.0 Å². The summed E-state index contributed by atoms with van der Waals surface area (Å²) in [6, 6.07) is -0.145. The fourth-order valence-corrected chi connectivity index (χ4v) is 1.74. The molecule has 4 nitrogen and oxygen atoms in total. The molecule has 1 saturated carbocycles. The van der Waals surface area contributed by atoms with Crippen LogP contribution in [0.5, 0.6) is 0 Å². The minimum absolute atomic E-state index is 0.145. The number of aliphatic hydroxyl groups excluding tert-OH is 1. The average molecular weight is 215 g/mol. The fourth-order valence-electron chi connectivity index (χ4n) is 1.74. The highest BCUT2D eigenvalue weighted by molar-refractivity contribution is 5.68. The first-order valence-corrected chi connectivity index (χ1v) is 5.56. The molecule has 88 valence electrons. The molecule has 2 atom stereocenters. The molecule has 1 aliphatic rings. The lowest BCUT2D eigenvalue weighted by Gasteiger charge is -2.29. The molecular formula is C11H21NO3. The maximum absolute atomic E-state index is 11.4. The van der Waals surface area contributed by atoms with Gasteiger partial charge in [0.2, 0.25) is 0 Å².